The quantitative estimate of drug-likeness (QED) is 0.486. The van der Waals surface area contributed by atoms with E-state index in [0.29, 0.717) is 5.57 Å². The number of anilines is 1. The first kappa shape index (κ1) is 15.0. The molecule has 0 bridgehead atoms. The molecule has 0 atom stereocenters. The minimum absolute atomic E-state index is 0.0620. The monoisotopic (exact) mass is 287 g/mol. The number of amides is 2. The predicted octanol–water partition coefficient (Wildman–Crippen LogP) is 2.32. The zero-order chi connectivity index (χ0) is 15.6. The Morgan fingerprint density at radius 1 is 1.29 bits per heavy atom. The number of para-hydroxylation sites is 1. The van der Waals surface area contributed by atoms with E-state index in [4.69, 9.17) is 4.74 Å². The number of ether oxygens (including phenoxy) is 1. The van der Waals surface area contributed by atoms with Crippen molar-refractivity contribution in [1.29, 1.82) is 0 Å². The first-order chi connectivity index (χ1) is 9.95. The molecule has 0 unspecified atom stereocenters. The van der Waals surface area contributed by atoms with Crippen LogP contribution in [0.1, 0.15) is 30.6 Å². The summed E-state index contributed by atoms with van der Waals surface area (Å²) >= 11 is 0. The summed E-state index contributed by atoms with van der Waals surface area (Å²) in [4.78, 5) is 37.4. The van der Waals surface area contributed by atoms with Crippen molar-refractivity contribution in [2.24, 2.45) is 5.92 Å². The molecular weight excluding hydrogens is 270 g/mol. The van der Waals surface area contributed by atoms with Crippen LogP contribution in [-0.2, 0) is 14.3 Å². The van der Waals surface area contributed by atoms with E-state index in [1.165, 1.54) is 13.2 Å². The maximum atomic E-state index is 12.4. The third-order valence-corrected chi connectivity index (χ3v) is 3.15. The van der Waals surface area contributed by atoms with Gasteiger partial charge in [-0.05, 0) is 18.1 Å². The van der Waals surface area contributed by atoms with Gasteiger partial charge in [0.15, 0.2) is 0 Å². The number of esters is 1. The Labute approximate surface area is 123 Å². The van der Waals surface area contributed by atoms with Gasteiger partial charge in [0.2, 0.25) is 5.91 Å². The van der Waals surface area contributed by atoms with E-state index in [-0.39, 0.29) is 35.4 Å². The Morgan fingerprint density at radius 3 is 2.57 bits per heavy atom. The molecule has 2 rings (SSSR count). The van der Waals surface area contributed by atoms with Gasteiger partial charge in [0.05, 0.1) is 24.8 Å². The highest BCUT2D eigenvalue weighted by atomic mass is 16.5. The second kappa shape index (κ2) is 5.91. The van der Waals surface area contributed by atoms with Crippen molar-refractivity contribution < 1.29 is 19.1 Å². The lowest BCUT2D eigenvalue weighted by Gasteiger charge is -2.16. The van der Waals surface area contributed by atoms with Crippen molar-refractivity contribution in [3.05, 3.63) is 41.5 Å². The highest BCUT2D eigenvalue weighted by molar-refractivity contribution is 6.29. The molecule has 0 N–H and O–H groups in total. The van der Waals surface area contributed by atoms with Crippen LogP contribution in [-0.4, -0.2) is 24.9 Å². The van der Waals surface area contributed by atoms with Crippen molar-refractivity contribution in [3.63, 3.8) is 0 Å². The van der Waals surface area contributed by atoms with Gasteiger partial charge in [-0.1, -0.05) is 32.1 Å². The zero-order valence-electron chi connectivity index (χ0n) is 12.3. The Hall–Kier alpha value is -2.43. The van der Waals surface area contributed by atoms with E-state index in [0.717, 1.165) is 4.90 Å². The number of carbonyl (C=O) groups is 3. The van der Waals surface area contributed by atoms with Gasteiger partial charge in [0, 0.05) is 5.57 Å². The average molecular weight is 287 g/mol. The highest BCUT2D eigenvalue weighted by Crippen LogP contribution is 2.29. The van der Waals surface area contributed by atoms with Crippen LogP contribution in [0.25, 0.3) is 0 Å². The number of carbonyl (C=O) groups excluding carboxylic acids is 3. The normalized spacial score (nSPS) is 17.0. The lowest BCUT2D eigenvalue weighted by Crippen LogP contribution is -2.30. The van der Waals surface area contributed by atoms with Crippen LogP contribution in [0.5, 0.6) is 0 Å². The third-order valence-electron chi connectivity index (χ3n) is 3.15. The molecule has 110 valence electrons. The van der Waals surface area contributed by atoms with Gasteiger partial charge in [0.1, 0.15) is 0 Å². The van der Waals surface area contributed by atoms with Crippen molar-refractivity contribution in [2.45, 2.75) is 20.3 Å². The fourth-order valence-electron chi connectivity index (χ4n) is 2.30. The third kappa shape index (κ3) is 2.86. The number of benzene rings is 1. The molecule has 0 spiro atoms. The molecule has 1 fully saturated rings. The molecule has 0 aliphatic carbocycles. The second-order valence-corrected chi connectivity index (χ2v) is 5.16. The molecule has 1 heterocycles. The standard InChI is InChI=1S/C16H17NO4/c1-10(2)8-11-9-14(18)17(15(11)19)13-7-5-4-6-12(13)16(20)21-3/h4-8,10H,9H2,1-3H3. The Kier molecular flexibility index (Phi) is 4.21. The van der Waals surface area contributed by atoms with Gasteiger partial charge in [-0.15, -0.1) is 0 Å². The molecule has 0 aromatic heterocycles. The molecule has 0 saturated carbocycles. The Bertz CT molecular complexity index is 631. The molecule has 1 saturated heterocycles. The zero-order valence-corrected chi connectivity index (χ0v) is 12.3. The van der Waals surface area contributed by atoms with Crippen LogP contribution in [0.2, 0.25) is 0 Å². The lowest BCUT2D eigenvalue weighted by molar-refractivity contribution is -0.120. The van der Waals surface area contributed by atoms with E-state index in [1.807, 2.05) is 13.8 Å². The van der Waals surface area contributed by atoms with Crippen LogP contribution in [0.3, 0.4) is 0 Å². The summed E-state index contributed by atoms with van der Waals surface area (Å²) in [5, 5.41) is 0. The molecule has 0 radical (unpaired) electrons. The topological polar surface area (TPSA) is 63.7 Å². The summed E-state index contributed by atoms with van der Waals surface area (Å²) < 4.78 is 4.70. The molecular formula is C16H17NO4. The molecule has 1 aliphatic rings. The number of hydrogen-bond acceptors (Lipinski definition) is 4. The van der Waals surface area contributed by atoms with Crippen LogP contribution in [0.4, 0.5) is 5.69 Å². The first-order valence-electron chi connectivity index (χ1n) is 6.71. The minimum atomic E-state index is -0.576. The Morgan fingerprint density at radius 2 is 1.95 bits per heavy atom. The van der Waals surface area contributed by atoms with Gasteiger partial charge < -0.3 is 4.74 Å². The average Bonchev–Trinajstić information content (AvgIpc) is 2.72. The van der Waals surface area contributed by atoms with Crippen molar-refractivity contribution in [2.75, 3.05) is 12.0 Å². The molecule has 5 heteroatoms. The maximum absolute atomic E-state index is 12.4. The van der Waals surface area contributed by atoms with Crippen LogP contribution in [0, 0.1) is 5.92 Å². The van der Waals surface area contributed by atoms with Gasteiger partial charge in [-0.3, -0.25) is 9.59 Å². The van der Waals surface area contributed by atoms with Gasteiger partial charge in [0.25, 0.3) is 5.91 Å². The van der Waals surface area contributed by atoms with Crippen molar-refractivity contribution in [3.8, 4) is 0 Å². The number of imide groups is 1. The van der Waals surface area contributed by atoms with Crippen molar-refractivity contribution in [1.82, 2.24) is 0 Å². The SMILES string of the molecule is COC(=O)c1ccccc1N1C(=O)CC(=CC(C)C)C1=O. The Balaban J connectivity index is 2.46. The summed E-state index contributed by atoms with van der Waals surface area (Å²) in [5.74, 6) is -1.10. The summed E-state index contributed by atoms with van der Waals surface area (Å²) in [7, 11) is 1.26. The summed E-state index contributed by atoms with van der Waals surface area (Å²) in [6, 6.07) is 6.43. The number of nitrogens with zero attached hydrogens (tertiary/aromatic N) is 1. The molecule has 2 amide bonds. The van der Waals surface area contributed by atoms with Gasteiger partial charge >= 0.3 is 5.97 Å². The summed E-state index contributed by atoms with van der Waals surface area (Å²) in [5.41, 5.74) is 0.939. The van der Waals surface area contributed by atoms with Crippen LogP contribution in [0.15, 0.2) is 35.9 Å². The number of hydrogen-bond donors (Lipinski definition) is 0. The van der Waals surface area contributed by atoms with Gasteiger partial charge in [-0.25, -0.2) is 9.69 Å². The molecule has 1 aromatic rings. The van der Waals surface area contributed by atoms with E-state index in [9.17, 15) is 14.4 Å². The van der Waals surface area contributed by atoms with E-state index < -0.39 is 5.97 Å². The second-order valence-electron chi connectivity index (χ2n) is 5.16. The molecule has 1 aromatic carbocycles. The molecule has 21 heavy (non-hydrogen) atoms. The van der Waals surface area contributed by atoms with Crippen LogP contribution < -0.4 is 4.90 Å². The minimum Gasteiger partial charge on any atom is -0.465 e. The van der Waals surface area contributed by atoms with Crippen molar-refractivity contribution >= 4 is 23.5 Å². The van der Waals surface area contributed by atoms with E-state index >= 15 is 0 Å². The van der Waals surface area contributed by atoms with E-state index in [1.54, 1.807) is 24.3 Å². The maximum Gasteiger partial charge on any atom is 0.339 e. The number of allylic oxidation sites excluding steroid dienone is 1. The number of methoxy groups -OCH3 is 1. The highest BCUT2D eigenvalue weighted by Gasteiger charge is 2.36. The largest absolute Gasteiger partial charge is 0.465 e. The fourth-order valence-corrected chi connectivity index (χ4v) is 2.30. The smallest absolute Gasteiger partial charge is 0.339 e. The predicted molar refractivity (Wildman–Crippen MR) is 77.8 cm³/mol. The van der Waals surface area contributed by atoms with E-state index in [2.05, 4.69) is 0 Å². The fraction of sp³-hybridized carbons (Fsp3) is 0.312. The summed E-state index contributed by atoms with van der Waals surface area (Å²) in [6.45, 7) is 3.88. The number of rotatable bonds is 3. The van der Waals surface area contributed by atoms with Gasteiger partial charge in [-0.2, -0.15) is 0 Å². The molecule has 5 nitrogen and oxygen atoms in total. The first-order valence-corrected chi connectivity index (χ1v) is 6.71. The molecule has 1 aliphatic heterocycles. The summed E-state index contributed by atoms with van der Waals surface area (Å²) in [6.07, 6.45) is 1.84. The van der Waals surface area contributed by atoms with Crippen LogP contribution >= 0.6 is 0 Å². The lowest BCUT2D eigenvalue weighted by atomic mass is 10.1.